The summed E-state index contributed by atoms with van der Waals surface area (Å²) in [5, 5.41) is 2.60. The third-order valence-corrected chi connectivity index (χ3v) is 1.73. The first-order valence-corrected chi connectivity index (χ1v) is 4.68. The van der Waals surface area contributed by atoms with Crippen molar-refractivity contribution in [3.8, 4) is 12.3 Å². The predicted octanol–water partition coefficient (Wildman–Crippen LogP) is 2.65. The number of anilines is 1. The molecule has 15 heavy (non-hydrogen) atoms. The van der Waals surface area contributed by atoms with Gasteiger partial charge in [-0.1, -0.05) is 18.2 Å². The Morgan fingerprint density at radius 3 is 2.80 bits per heavy atom. The van der Waals surface area contributed by atoms with Gasteiger partial charge in [-0.05, 0) is 19.1 Å². The molecule has 1 aromatic rings. The van der Waals surface area contributed by atoms with Gasteiger partial charge in [0.15, 0.2) is 0 Å². The highest BCUT2D eigenvalue weighted by atomic mass is 16.6. The minimum atomic E-state index is -0.482. The maximum atomic E-state index is 11.3. The summed E-state index contributed by atoms with van der Waals surface area (Å²) in [6, 6.07) is 9.11. The quantitative estimate of drug-likeness (QED) is 0.767. The zero-order chi connectivity index (χ0) is 11.1. The number of nitrogens with one attached hydrogen (secondary N) is 1. The molecule has 0 saturated heterocycles. The van der Waals surface area contributed by atoms with Crippen molar-refractivity contribution in [1.82, 2.24) is 0 Å². The Balaban J connectivity index is 2.41. The summed E-state index contributed by atoms with van der Waals surface area (Å²) in [5.41, 5.74) is 0.704. The number of rotatable bonds is 3. The molecular weight excluding hydrogens is 190 g/mol. The van der Waals surface area contributed by atoms with Crippen LogP contribution in [-0.4, -0.2) is 12.2 Å². The van der Waals surface area contributed by atoms with E-state index < -0.39 is 6.09 Å². The number of ether oxygens (including phenoxy) is 1. The maximum Gasteiger partial charge on any atom is 0.411 e. The van der Waals surface area contributed by atoms with Crippen LogP contribution < -0.4 is 5.32 Å². The van der Waals surface area contributed by atoms with Crippen LogP contribution in [0.1, 0.15) is 13.3 Å². The molecule has 1 atom stereocenters. The number of carbonyl (C=O) groups is 1. The Bertz CT molecular complexity index is 354. The standard InChI is InChI=1S/C12H13NO2/c1-3-7-10(2)15-12(14)13-11-8-5-4-6-9-11/h1,4-6,8-10H,7H2,2H3,(H,13,14). The Labute approximate surface area is 89.4 Å². The number of para-hydroxylation sites is 1. The Morgan fingerprint density at radius 2 is 2.20 bits per heavy atom. The highest BCUT2D eigenvalue weighted by molar-refractivity contribution is 5.84. The molecule has 0 aromatic heterocycles. The highest BCUT2D eigenvalue weighted by Gasteiger charge is 2.07. The average molecular weight is 203 g/mol. The third-order valence-electron chi connectivity index (χ3n) is 1.73. The van der Waals surface area contributed by atoms with Crippen LogP contribution in [0.15, 0.2) is 30.3 Å². The lowest BCUT2D eigenvalue weighted by atomic mass is 10.3. The van der Waals surface area contributed by atoms with Crippen LogP contribution in [0.4, 0.5) is 10.5 Å². The zero-order valence-corrected chi connectivity index (χ0v) is 8.57. The normalized spacial score (nSPS) is 11.2. The molecule has 0 spiro atoms. The van der Waals surface area contributed by atoms with E-state index in [0.29, 0.717) is 12.1 Å². The van der Waals surface area contributed by atoms with Crippen molar-refractivity contribution < 1.29 is 9.53 Å². The largest absolute Gasteiger partial charge is 0.445 e. The SMILES string of the molecule is C#CCC(C)OC(=O)Nc1ccccc1. The van der Waals surface area contributed by atoms with Crippen molar-refractivity contribution in [3.63, 3.8) is 0 Å². The molecule has 0 aliphatic heterocycles. The lowest BCUT2D eigenvalue weighted by Gasteiger charge is -2.11. The van der Waals surface area contributed by atoms with Gasteiger partial charge in [-0.25, -0.2) is 4.79 Å². The summed E-state index contributed by atoms with van der Waals surface area (Å²) in [5.74, 6) is 2.43. The van der Waals surface area contributed by atoms with Crippen LogP contribution in [0.2, 0.25) is 0 Å². The van der Waals surface area contributed by atoms with Crippen molar-refractivity contribution in [1.29, 1.82) is 0 Å². The highest BCUT2D eigenvalue weighted by Crippen LogP contribution is 2.06. The minimum Gasteiger partial charge on any atom is -0.445 e. The molecule has 78 valence electrons. The van der Waals surface area contributed by atoms with Gasteiger partial charge in [0.2, 0.25) is 0 Å². The van der Waals surface area contributed by atoms with E-state index in [2.05, 4.69) is 11.2 Å². The smallest absolute Gasteiger partial charge is 0.411 e. The number of carbonyl (C=O) groups excluding carboxylic acids is 1. The van der Waals surface area contributed by atoms with Crippen LogP contribution in [0, 0.1) is 12.3 Å². The fraction of sp³-hybridized carbons (Fsp3) is 0.250. The van der Waals surface area contributed by atoms with Crippen molar-refractivity contribution in [2.45, 2.75) is 19.4 Å². The van der Waals surface area contributed by atoms with Gasteiger partial charge < -0.3 is 4.74 Å². The van der Waals surface area contributed by atoms with Gasteiger partial charge in [-0.3, -0.25) is 5.32 Å². The second kappa shape index (κ2) is 5.71. The first-order chi connectivity index (χ1) is 7.22. The summed E-state index contributed by atoms with van der Waals surface area (Å²) >= 11 is 0. The second-order valence-corrected chi connectivity index (χ2v) is 3.12. The molecule has 3 heteroatoms. The van der Waals surface area contributed by atoms with Crippen molar-refractivity contribution in [3.05, 3.63) is 30.3 Å². The molecule has 0 aliphatic rings. The molecule has 0 radical (unpaired) electrons. The van der Waals surface area contributed by atoms with E-state index in [1.807, 2.05) is 18.2 Å². The van der Waals surface area contributed by atoms with E-state index in [1.54, 1.807) is 19.1 Å². The molecule has 1 rings (SSSR count). The first-order valence-electron chi connectivity index (χ1n) is 4.68. The Morgan fingerprint density at radius 1 is 1.53 bits per heavy atom. The van der Waals surface area contributed by atoms with Gasteiger partial charge in [0.05, 0.1) is 0 Å². The molecule has 1 aromatic carbocycles. The number of hydrogen-bond donors (Lipinski definition) is 1. The second-order valence-electron chi connectivity index (χ2n) is 3.12. The number of amides is 1. The van der Waals surface area contributed by atoms with Gasteiger partial charge in [-0.15, -0.1) is 12.3 Å². The fourth-order valence-corrected chi connectivity index (χ4v) is 1.06. The van der Waals surface area contributed by atoms with Gasteiger partial charge in [0.1, 0.15) is 6.10 Å². The molecule has 0 aliphatic carbocycles. The van der Waals surface area contributed by atoms with E-state index in [4.69, 9.17) is 11.2 Å². The summed E-state index contributed by atoms with van der Waals surface area (Å²) in [4.78, 5) is 11.3. The molecule has 1 N–H and O–H groups in total. The lowest BCUT2D eigenvalue weighted by molar-refractivity contribution is 0.123. The van der Waals surface area contributed by atoms with Gasteiger partial charge in [0.25, 0.3) is 0 Å². The topological polar surface area (TPSA) is 38.3 Å². The average Bonchev–Trinajstić information content (AvgIpc) is 2.19. The van der Waals surface area contributed by atoms with Crippen LogP contribution in [0.3, 0.4) is 0 Å². The van der Waals surface area contributed by atoms with Gasteiger partial charge >= 0.3 is 6.09 Å². The van der Waals surface area contributed by atoms with Crippen LogP contribution >= 0.6 is 0 Å². The van der Waals surface area contributed by atoms with Gasteiger partial charge in [0, 0.05) is 12.1 Å². The molecule has 0 heterocycles. The maximum absolute atomic E-state index is 11.3. The Hall–Kier alpha value is -1.95. The molecule has 0 fully saturated rings. The Kier molecular flexibility index (Phi) is 4.24. The molecule has 1 amide bonds. The molecular formula is C12H13NO2. The van der Waals surface area contributed by atoms with Crippen molar-refractivity contribution in [2.75, 3.05) is 5.32 Å². The number of terminal acetylenes is 1. The van der Waals surface area contributed by atoms with Crippen LogP contribution in [0.5, 0.6) is 0 Å². The van der Waals surface area contributed by atoms with Crippen LogP contribution in [0.25, 0.3) is 0 Å². The van der Waals surface area contributed by atoms with E-state index in [1.165, 1.54) is 0 Å². The van der Waals surface area contributed by atoms with Gasteiger partial charge in [-0.2, -0.15) is 0 Å². The molecule has 3 nitrogen and oxygen atoms in total. The fourth-order valence-electron chi connectivity index (χ4n) is 1.06. The van der Waals surface area contributed by atoms with Crippen molar-refractivity contribution >= 4 is 11.8 Å². The molecule has 1 unspecified atom stereocenters. The molecule has 0 bridgehead atoms. The summed E-state index contributed by atoms with van der Waals surface area (Å²) < 4.78 is 5.00. The third kappa shape index (κ3) is 4.19. The monoisotopic (exact) mass is 203 g/mol. The van der Waals surface area contributed by atoms with E-state index >= 15 is 0 Å². The van der Waals surface area contributed by atoms with E-state index in [-0.39, 0.29) is 6.10 Å². The predicted molar refractivity (Wildman–Crippen MR) is 59.5 cm³/mol. The summed E-state index contributed by atoms with van der Waals surface area (Å²) in [6.45, 7) is 1.75. The lowest BCUT2D eigenvalue weighted by Crippen LogP contribution is -2.19. The minimum absolute atomic E-state index is 0.265. The first kappa shape index (κ1) is 11.1. The van der Waals surface area contributed by atoms with E-state index in [9.17, 15) is 4.79 Å². The summed E-state index contributed by atoms with van der Waals surface area (Å²) in [7, 11) is 0. The van der Waals surface area contributed by atoms with E-state index in [0.717, 1.165) is 0 Å². The summed E-state index contributed by atoms with van der Waals surface area (Å²) in [6.07, 6.45) is 4.77. The number of hydrogen-bond acceptors (Lipinski definition) is 2. The van der Waals surface area contributed by atoms with Crippen molar-refractivity contribution in [2.24, 2.45) is 0 Å². The van der Waals surface area contributed by atoms with Crippen LogP contribution in [-0.2, 0) is 4.74 Å². The zero-order valence-electron chi connectivity index (χ0n) is 8.57. The number of benzene rings is 1. The molecule has 0 saturated carbocycles.